The number of hydrogen-bond donors (Lipinski definition) is 1. The van der Waals surface area contributed by atoms with E-state index in [0.717, 1.165) is 34.2 Å². The first-order valence-electron chi connectivity index (χ1n) is 11.6. The first-order valence-corrected chi connectivity index (χ1v) is 13.2. The second-order valence-electron chi connectivity index (χ2n) is 8.41. The van der Waals surface area contributed by atoms with Crippen LogP contribution in [0, 0.1) is 0 Å². The topological polar surface area (TPSA) is 110 Å². The van der Waals surface area contributed by atoms with Gasteiger partial charge in [-0.05, 0) is 22.5 Å². The first-order chi connectivity index (χ1) is 17.6. The van der Waals surface area contributed by atoms with Gasteiger partial charge in [0.2, 0.25) is 16.2 Å². The monoisotopic (exact) mass is 520 g/mol. The van der Waals surface area contributed by atoms with Gasteiger partial charge in [-0.1, -0.05) is 77.1 Å². The summed E-state index contributed by atoms with van der Waals surface area (Å²) in [6, 6.07) is 19.2. The van der Waals surface area contributed by atoms with Gasteiger partial charge in [0.05, 0.1) is 19.4 Å². The second-order valence-corrected chi connectivity index (χ2v) is 10.4. The molecule has 0 unspecified atom stereocenters. The molecule has 1 N–H and O–H groups in total. The van der Waals surface area contributed by atoms with Crippen LogP contribution in [0.3, 0.4) is 0 Å². The normalized spacial score (nSPS) is 15.1. The highest BCUT2D eigenvalue weighted by molar-refractivity contribution is 7.17. The number of aromatic nitrogens is 4. The fourth-order valence-corrected chi connectivity index (χ4v) is 5.47. The summed E-state index contributed by atoms with van der Waals surface area (Å²) in [5, 5.41) is 21.7. The Morgan fingerprint density at radius 1 is 0.889 bits per heavy atom. The highest BCUT2D eigenvalue weighted by Crippen LogP contribution is 2.29. The number of rotatable bonds is 10. The Hall–Kier alpha value is -3.70. The molecule has 11 heteroatoms. The van der Waals surface area contributed by atoms with Gasteiger partial charge in [0.15, 0.2) is 0 Å². The van der Waals surface area contributed by atoms with Crippen LogP contribution in [0.2, 0.25) is 0 Å². The summed E-state index contributed by atoms with van der Waals surface area (Å²) in [5.74, 6) is -0.0280. The average molecular weight is 521 g/mol. The lowest BCUT2D eigenvalue weighted by Gasteiger charge is -2.13. The molecule has 3 heterocycles. The molecule has 1 atom stereocenters. The summed E-state index contributed by atoms with van der Waals surface area (Å²) in [4.78, 5) is 26.7. The molecule has 1 amide bonds. The molecule has 0 bridgehead atoms. The maximum atomic E-state index is 12.4. The van der Waals surface area contributed by atoms with Gasteiger partial charge in [-0.2, -0.15) is 0 Å². The van der Waals surface area contributed by atoms with E-state index in [-0.39, 0.29) is 30.6 Å². The van der Waals surface area contributed by atoms with Crippen molar-refractivity contribution in [3.05, 3.63) is 76.8 Å². The number of nitrogens with zero attached hydrogens (tertiary/aromatic N) is 5. The smallest absolute Gasteiger partial charge is 0.296 e. The molecule has 0 radical (unpaired) electrons. The molecular weight excluding hydrogens is 496 g/mol. The number of hydrogen-bond acceptors (Lipinski definition) is 10. The Bertz CT molecular complexity index is 1310. The summed E-state index contributed by atoms with van der Waals surface area (Å²) in [5.41, 5.74) is 1.93. The van der Waals surface area contributed by atoms with E-state index in [1.807, 2.05) is 60.7 Å². The van der Waals surface area contributed by atoms with Crippen molar-refractivity contribution in [1.29, 1.82) is 0 Å². The van der Waals surface area contributed by atoms with E-state index >= 15 is 0 Å². The highest BCUT2D eigenvalue weighted by Gasteiger charge is 2.28. The van der Waals surface area contributed by atoms with Crippen molar-refractivity contribution in [2.75, 3.05) is 23.3 Å². The van der Waals surface area contributed by atoms with E-state index < -0.39 is 0 Å². The number of benzene rings is 2. The Morgan fingerprint density at radius 3 is 2.36 bits per heavy atom. The molecule has 5 rings (SSSR count). The maximum Gasteiger partial charge on any atom is 0.296 e. The number of carbonyl (C=O) groups is 2. The molecule has 184 valence electrons. The van der Waals surface area contributed by atoms with Gasteiger partial charge < -0.3 is 15.0 Å². The summed E-state index contributed by atoms with van der Waals surface area (Å²) in [6.45, 7) is 1.42. The molecule has 1 aliphatic heterocycles. The fourth-order valence-electron chi connectivity index (χ4n) is 3.89. The first kappa shape index (κ1) is 24.0. The minimum atomic E-state index is -0.148. The van der Waals surface area contributed by atoms with E-state index in [1.165, 1.54) is 22.7 Å². The summed E-state index contributed by atoms with van der Waals surface area (Å²) in [6.07, 6.45) is 1.68. The minimum Gasteiger partial charge on any atom is -0.464 e. The third kappa shape index (κ3) is 6.49. The lowest BCUT2D eigenvalue weighted by Crippen LogP contribution is -2.24. The third-order valence-corrected chi connectivity index (χ3v) is 7.31. The van der Waals surface area contributed by atoms with Gasteiger partial charge in [0.25, 0.3) is 5.19 Å². The van der Waals surface area contributed by atoms with Crippen LogP contribution in [0.5, 0.6) is 5.19 Å². The number of amides is 1. The van der Waals surface area contributed by atoms with Gasteiger partial charge >= 0.3 is 0 Å². The van der Waals surface area contributed by atoms with E-state index in [0.29, 0.717) is 23.3 Å². The summed E-state index contributed by atoms with van der Waals surface area (Å²) < 4.78 is 6.00. The van der Waals surface area contributed by atoms with Crippen molar-refractivity contribution < 1.29 is 14.3 Å². The molecule has 0 aliphatic carbocycles. The predicted octanol–water partition coefficient (Wildman–Crippen LogP) is 3.58. The maximum absolute atomic E-state index is 12.4. The Balaban J connectivity index is 1.09. The van der Waals surface area contributed by atoms with Crippen molar-refractivity contribution in [1.82, 2.24) is 20.4 Å². The average Bonchev–Trinajstić information content (AvgIpc) is 3.62. The van der Waals surface area contributed by atoms with Gasteiger partial charge in [-0.15, -0.1) is 15.3 Å². The zero-order valence-electron chi connectivity index (χ0n) is 19.4. The zero-order chi connectivity index (χ0) is 24.7. The standard InChI is InChI=1S/C25H24N6O3S2/c32-19(13-17-7-3-1-4-8-17)15-22-27-29-24(35-22)31-12-11-20(16-31)34-25-30-28-23(36-25)26-21(33)14-18-9-5-2-6-10-18/h1-10,20H,11-16H2,(H,26,28,33)/t20-/m1/s1. The predicted molar refractivity (Wildman–Crippen MR) is 139 cm³/mol. The second kappa shape index (κ2) is 11.4. The van der Waals surface area contributed by atoms with E-state index in [4.69, 9.17) is 4.74 Å². The molecule has 0 spiro atoms. The number of ether oxygens (including phenoxy) is 1. The molecule has 1 saturated heterocycles. The highest BCUT2D eigenvalue weighted by atomic mass is 32.1. The molecule has 0 saturated carbocycles. The largest absolute Gasteiger partial charge is 0.464 e. The SMILES string of the molecule is O=C(Cc1ccccc1)Cc1nnc(N2CC[C@@H](Oc3nnc(NC(=O)Cc4ccccc4)s3)C2)s1. The van der Waals surface area contributed by atoms with Gasteiger partial charge in [-0.3, -0.25) is 9.59 Å². The van der Waals surface area contributed by atoms with Crippen molar-refractivity contribution in [3.8, 4) is 5.19 Å². The number of ketones is 1. The van der Waals surface area contributed by atoms with Crippen LogP contribution < -0.4 is 15.0 Å². The van der Waals surface area contributed by atoms with Crippen LogP contribution in [-0.4, -0.2) is 51.3 Å². The molecule has 36 heavy (non-hydrogen) atoms. The van der Waals surface area contributed by atoms with Crippen molar-refractivity contribution in [2.45, 2.75) is 31.8 Å². The lowest BCUT2D eigenvalue weighted by atomic mass is 10.1. The Kier molecular flexibility index (Phi) is 7.58. The molecule has 9 nitrogen and oxygen atoms in total. The van der Waals surface area contributed by atoms with Crippen LogP contribution in [0.15, 0.2) is 60.7 Å². The number of carbonyl (C=O) groups excluding carboxylic acids is 2. The lowest BCUT2D eigenvalue weighted by molar-refractivity contribution is -0.118. The zero-order valence-corrected chi connectivity index (χ0v) is 21.0. The van der Waals surface area contributed by atoms with Gasteiger partial charge in [0.1, 0.15) is 16.9 Å². The van der Waals surface area contributed by atoms with Crippen molar-refractivity contribution in [2.24, 2.45) is 0 Å². The molecular formula is C25H24N6O3S2. The van der Waals surface area contributed by atoms with E-state index in [1.54, 1.807) is 0 Å². The molecule has 2 aromatic carbocycles. The van der Waals surface area contributed by atoms with E-state index in [9.17, 15) is 9.59 Å². The quantitative estimate of drug-likeness (QED) is 0.338. The minimum absolute atomic E-state index is 0.0714. The van der Waals surface area contributed by atoms with Crippen LogP contribution in [-0.2, 0) is 28.9 Å². The van der Waals surface area contributed by atoms with Crippen molar-refractivity contribution in [3.63, 3.8) is 0 Å². The molecule has 4 aromatic rings. The summed E-state index contributed by atoms with van der Waals surface area (Å²) >= 11 is 2.65. The van der Waals surface area contributed by atoms with Gasteiger partial charge in [0, 0.05) is 19.4 Å². The number of nitrogens with one attached hydrogen (secondary N) is 1. The Morgan fingerprint density at radius 2 is 1.61 bits per heavy atom. The summed E-state index contributed by atoms with van der Waals surface area (Å²) in [7, 11) is 0. The van der Waals surface area contributed by atoms with Crippen LogP contribution in [0.25, 0.3) is 0 Å². The molecule has 1 fully saturated rings. The van der Waals surface area contributed by atoms with Crippen molar-refractivity contribution >= 4 is 44.6 Å². The number of Topliss-reactive ketones (excluding diaryl/α,β-unsaturated/α-hetero) is 1. The van der Waals surface area contributed by atoms with Crippen LogP contribution in [0.1, 0.15) is 22.6 Å². The number of anilines is 2. The van der Waals surface area contributed by atoms with Crippen LogP contribution in [0.4, 0.5) is 10.3 Å². The molecule has 1 aliphatic rings. The van der Waals surface area contributed by atoms with E-state index in [2.05, 4.69) is 30.6 Å². The van der Waals surface area contributed by atoms with Gasteiger partial charge in [-0.25, -0.2) is 0 Å². The third-order valence-electron chi connectivity index (χ3n) is 5.59. The Labute approximate surface area is 216 Å². The fraction of sp³-hybridized carbons (Fsp3) is 0.280. The molecule has 2 aromatic heterocycles. The van der Waals surface area contributed by atoms with Crippen LogP contribution >= 0.6 is 22.7 Å².